The van der Waals surface area contributed by atoms with Crippen molar-refractivity contribution in [3.05, 3.63) is 54.4 Å². The topological polar surface area (TPSA) is 37.5 Å². The van der Waals surface area contributed by atoms with Crippen molar-refractivity contribution in [1.29, 1.82) is 0 Å². The van der Waals surface area contributed by atoms with Crippen LogP contribution in [0.15, 0.2) is 48.7 Å². The number of fused-ring (bicyclic) bond motifs is 1. The van der Waals surface area contributed by atoms with Crippen molar-refractivity contribution in [3.8, 4) is 5.75 Å². The Morgan fingerprint density at radius 1 is 1.14 bits per heavy atom. The van der Waals surface area contributed by atoms with Crippen LogP contribution in [0.5, 0.6) is 5.75 Å². The van der Waals surface area contributed by atoms with Gasteiger partial charge < -0.3 is 14.5 Å². The maximum Gasteiger partial charge on any atom is 0.119 e. The van der Waals surface area contributed by atoms with Gasteiger partial charge >= 0.3 is 0 Å². The van der Waals surface area contributed by atoms with Crippen LogP contribution in [0.4, 0.5) is 0 Å². The van der Waals surface area contributed by atoms with Crippen molar-refractivity contribution >= 4 is 0 Å². The van der Waals surface area contributed by atoms with E-state index in [9.17, 15) is 0 Å². The van der Waals surface area contributed by atoms with Crippen molar-refractivity contribution < 1.29 is 9.47 Å². The van der Waals surface area contributed by atoms with Crippen LogP contribution in [-0.2, 0) is 11.3 Å². The van der Waals surface area contributed by atoms with Crippen molar-refractivity contribution in [2.24, 2.45) is 11.8 Å². The SMILES string of the molecule is c1ccc(OC[C@@H]2CO[C@@H]3CN(Cc4ccc[nH]4)C[C@H]23)cc1. The molecule has 2 aliphatic rings. The number of ether oxygens (including phenoxy) is 2. The summed E-state index contributed by atoms with van der Waals surface area (Å²) in [6.07, 6.45) is 2.36. The maximum atomic E-state index is 6.00. The molecule has 0 bridgehead atoms. The lowest BCUT2D eigenvalue weighted by atomic mass is 9.94. The highest BCUT2D eigenvalue weighted by molar-refractivity contribution is 5.21. The molecule has 0 aliphatic carbocycles. The van der Waals surface area contributed by atoms with Crippen LogP contribution in [0.1, 0.15) is 5.69 Å². The third-order valence-electron chi connectivity index (χ3n) is 4.78. The monoisotopic (exact) mass is 298 g/mol. The summed E-state index contributed by atoms with van der Waals surface area (Å²) in [6, 6.07) is 14.3. The predicted molar refractivity (Wildman–Crippen MR) is 84.7 cm³/mol. The summed E-state index contributed by atoms with van der Waals surface area (Å²) in [5.41, 5.74) is 1.28. The molecular weight excluding hydrogens is 276 g/mol. The van der Waals surface area contributed by atoms with Crippen molar-refractivity contribution in [3.63, 3.8) is 0 Å². The zero-order chi connectivity index (χ0) is 14.8. The predicted octanol–water partition coefficient (Wildman–Crippen LogP) is 2.54. The zero-order valence-corrected chi connectivity index (χ0v) is 12.7. The molecule has 0 spiro atoms. The van der Waals surface area contributed by atoms with E-state index in [1.165, 1.54) is 5.69 Å². The molecule has 1 aromatic heterocycles. The molecular formula is C18H22N2O2. The number of hydrogen-bond donors (Lipinski definition) is 1. The molecule has 2 aliphatic heterocycles. The van der Waals surface area contributed by atoms with E-state index in [1.807, 2.05) is 36.5 Å². The fraction of sp³-hybridized carbons (Fsp3) is 0.444. The molecule has 116 valence electrons. The molecule has 2 fully saturated rings. The van der Waals surface area contributed by atoms with E-state index >= 15 is 0 Å². The standard InChI is InChI=1S/C18H22N2O2/c1-2-6-16(7-3-1)21-12-14-13-22-18-11-20(10-17(14)18)9-15-5-4-8-19-15/h1-8,14,17-19H,9-13H2/t14-,17-,18-/m1/s1. The first-order valence-electron chi connectivity index (χ1n) is 8.02. The fourth-order valence-electron chi connectivity index (χ4n) is 3.61. The number of nitrogens with zero attached hydrogens (tertiary/aromatic N) is 1. The van der Waals surface area contributed by atoms with E-state index in [0.717, 1.165) is 38.6 Å². The van der Waals surface area contributed by atoms with Gasteiger partial charge in [-0.3, -0.25) is 4.90 Å². The third-order valence-corrected chi connectivity index (χ3v) is 4.78. The van der Waals surface area contributed by atoms with Gasteiger partial charge in [0, 0.05) is 43.4 Å². The number of likely N-dealkylation sites (tertiary alicyclic amines) is 1. The van der Waals surface area contributed by atoms with Crippen LogP contribution in [0.25, 0.3) is 0 Å². The molecule has 0 saturated carbocycles. The molecule has 0 amide bonds. The highest BCUT2D eigenvalue weighted by Crippen LogP contribution is 2.34. The molecule has 2 saturated heterocycles. The number of aromatic amines is 1. The van der Waals surface area contributed by atoms with E-state index < -0.39 is 0 Å². The number of nitrogens with one attached hydrogen (secondary N) is 1. The second-order valence-corrected chi connectivity index (χ2v) is 6.31. The van der Waals surface area contributed by atoms with Gasteiger partial charge in [0.05, 0.1) is 19.3 Å². The zero-order valence-electron chi connectivity index (χ0n) is 12.7. The largest absolute Gasteiger partial charge is 0.493 e. The number of rotatable bonds is 5. The number of H-pyrrole nitrogens is 1. The molecule has 0 unspecified atom stereocenters. The first-order valence-corrected chi connectivity index (χ1v) is 8.02. The first-order chi connectivity index (χ1) is 10.9. The molecule has 0 radical (unpaired) electrons. The molecule has 4 nitrogen and oxygen atoms in total. The van der Waals surface area contributed by atoms with Gasteiger partial charge in [0.2, 0.25) is 0 Å². The Balaban J connectivity index is 1.32. The summed E-state index contributed by atoms with van der Waals surface area (Å²) < 4.78 is 11.9. The van der Waals surface area contributed by atoms with Crippen LogP contribution < -0.4 is 4.74 Å². The van der Waals surface area contributed by atoms with Gasteiger partial charge in [0.25, 0.3) is 0 Å². The second kappa shape index (κ2) is 6.15. The number of hydrogen-bond acceptors (Lipinski definition) is 3. The number of benzene rings is 1. The van der Waals surface area contributed by atoms with Crippen LogP contribution in [0, 0.1) is 11.8 Å². The van der Waals surface area contributed by atoms with E-state index in [4.69, 9.17) is 9.47 Å². The van der Waals surface area contributed by atoms with Gasteiger partial charge in [-0.15, -0.1) is 0 Å². The van der Waals surface area contributed by atoms with Crippen molar-refractivity contribution in [1.82, 2.24) is 9.88 Å². The molecule has 3 heterocycles. The van der Waals surface area contributed by atoms with E-state index in [0.29, 0.717) is 17.9 Å². The Morgan fingerprint density at radius 2 is 2.05 bits per heavy atom. The molecule has 22 heavy (non-hydrogen) atoms. The lowest BCUT2D eigenvalue weighted by Crippen LogP contribution is -2.26. The molecule has 2 aromatic rings. The molecule has 1 aromatic carbocycles. The summed E-state index contributed by atoms with van der Waals surface area (Å²) >= 11 is 0. The van der Waals surface area contributed by atoms with E-state index in [-0.39, 0.29) is 0 Å². The fourth-order valence-corrected chi connectivity index (χ4v) is 3.61. The van der Waals surface area contributed by atoms with Crippen LogP contribution in [0.3, 0.4) is 0 Å². The smallest absolute Gasteiger partial charge is 0.119 e. The van der Waals surface area contributed by atoms with E-state index in [2.05, 4.69) is 22.0 Å². The van der Waals surface area contributed by atoms with Gasteiger partial charge in [0.15, 0.2) is 0 Å². The molecule has 1 N–H and O–H groups in total. The Kier molecular flexibility index (Phi) is 3.87. The lowest BCUT2D eigenvalue weighted by Gasteiger charge is -2.19. The summed E-state index contributed by atoms with van der Waals surface area (Å²) in [5, 5.41) is 0. The summed E-state index contributed by atoms with van der Waals surface area (Å²) in [4.78, 5) is 5.76. The summed E-state index contributed by atoms with van der Waals surface area (Å²) in [7, 11) is 0. The van der Waals surface area contributed by atoms with Gasteiger partial charge in [-0.2, -0.15) is 0 Å². The first kappa shape index (κ1) is 13.9. The molecule has 4 heteroatoms. The minimum Gasteiger partial charge on any atom is -0.493 e. The van der Waals surface area contributed by atoms with Gasteiger partial charge in [-0.25, -0.2) is 0 Å². The van der Waals surface area contributed by atoms with Crippen LogP contribution in [-0.4, -0.2) is 42.3 Å². The van der Waals surface area contributed by atoms with Crippen molar-refractivity contribution in [2.45, 2.75) is 12.6 Å². The third kappa shape index (κ3) is 2.89. The Hall–Kier alpha value is -1.78. The lowest BCUT2D eigenvalue weighted by molar-refractivity contribution is 0.0896. The minimum absolute atomic E-state index is 0.374. The second-order valence-electron chi connectivity index (χ2n) is 6.31. The Morgan fingerprint density at radius 3 is 2.86 bits per heavy atom. The molecule has 3 atom stereocenters. The maximum absolute atomic E-state index is 6.00. The van der Waals surface area contributed by atoms with Crippen molar-refractivity contribution in [2.75, 3.05) is 26.3 Å². The molecule has 4 rings (SSSR count). The van der Waals surface area contributed by atoms with E-state index in [1.54, 1.807) is 0 Å². The van der Waals surface area contributed by atoms with Gasteiger partial charge in [-0.05, 0) is 24.3 Å². The van der Waals surface area contributed by atoms with Crippen LogP contribution in [0.2, 0.25) is 0 Å². The average Bonchev–Trinajstić information content (AvgIpc) is 3.25. The Labute approximate surface area is 131 Å². The highest BCUT2D eigenvalue weighted by Gasteiger charge is 2.43. The number of aromatic nitrogens is 1. The summed E-state index contributed by atoms with van der Waals surface area (Å²) in [5.74, 6) is 2.05. The summed E-state index contributed by atoms with van der Waals surface area (Å²) in [6.45, 7) is 4.70. The normalized spacial score (nSPS) is 27.9. The minimum atomic E-state index is 0.374. The Bertz CT molecular complexity index is 584. The van der Waals surface area contributed by atoms with Gasteiger partial charge in [0.1, 0.15) is 5.75 Å². The average molecular weight is 298 g/mol. The van der Waals surface area contributed by atoms with Crippen LogP contribution >= 0.6 is 0 Å². The number of para-hydroxylation sites is 1. The quantitative estimate of drug-likeness (QED) is 0.922. The van der Waals surface area contributed by atoms with Gasteiger partial charge in [-0.1, -0.05) is 18.2 Å². The highest BCUT2D eigenvalue weighted by atomic mass is 16.5.